The van der Waals surface area contributed by atoms with Crippen molar-refractivity contribution in [3.05, 3.63) is 28.4 Å². The van der Waals surface area contributed by atoms with E-state index in [1.54, 1.807) is 0 Å². The van der Waals surface area contributed by atoms with Crippen molar-refractivity contribution in [2.45, 2.75) is 45.9 Å². The van der Waals surface area contributed by atoms with Crippen LogP contribution in [0.2, 0.25) is 0 Å². The Hall–Kier alpha value is -1.40. The van der Waals surface area contributed by atoms with Crippen LogP contribution in [0.3, 0.4) is 0 Å². The van der Waals surface area contributed by atoms with Gasteiger partial charge in [0.2, 0.25) is 0 Å². The lowest BCUT2D eigenvalue weighted by Gasteiger charge is -2.24. The normalized spacial score (nSPS) is 18.2. The van der Waals surface area contributed by atoms with Crippen LogP contribution in [-0.4, -0.2) is 27.7 Å². The fourth-order valence-corrected chi connectivity index (χ4v) is 4.19. The lowest BCUT2D eigenvalue weighted by atomic mass is 10.2. The van der Waals surface area contributed by atoms with E-state index in [-0.39, 0.29) is 0 Å². The number of aryl methyl sites for hydroxylation is 2. The molecule has 0 aromatic carbocycles. The molecule has 2 aromatic heterocycles. The highest BCUT2D eigenvalue weighted by Crippen LogP contribution is 2.33. The van der Waals surface area contributed by atoms with Gasteiger partial charge in [0.25, 0.3) is 0 Å². The number of ether oxygens (including phenoxy) is 1. The van der Waals surface area contributed by atoms with Crippen LogP contribution in [0.1, 0.15) is 35.1 Å². The van der Waals surface area contributed by atoms with Gasteiger partial charge in [-0.25, -0.2) is 9.97 Å². The first-order chi connectivity index (χ1) is 10.3. The predicted molar refractivity (Wildman–Crippen MR) is 82.7 cm³/mol. The van der Waals surface area contributed by atoms with E-state index in [9.17, 15) is 0 Å². The smallest absolute Gasteiger partial charge is 0.135 e. The third kappa shape index (κ3) is 2.46. The average molecular weight is 304 g/mol. The van der Waals surface area contributed by atoms with Gasteiger partial charge in [0.15, 0.2) is 0 Å². The van der Waals surface area contributed by atoms with Gasteiger partial charge in [0, 0.05) is 13.1 Å². The number of rotatable bonds is 2. The number of hydrogen-bond donors (Lipinski definition) is 0. The average Bonchev–Trinajstić information content (AvgIpc) is 3.01. The van der Waals surface area contributed by atoms with Crippen molar-refractivity contribution in [2.24, 2.45) is 0 Å². The first-order valence-corrected chi connectivity index (χ1v) is 8.45. The fourth-order valence-electron chi connectivity index (χ4n) is 3.20. The molecule has 0 aliphatic carbocycles. The third-order valence-electron chi connectivity index (χ3n) is 4.23. The summed E-state index contributed by atoms with van der Waals surface area (Å²) in [5.74, 6) is 1.06. The van der Waals surface area contributed by atoms with Crippen LogP contribution in [0, 0.1) is 6.92 Å². The number of anilines is 1. The van der Waals surface area contributed by atoms with Crippen molar-refractivity contribution < 1.29 is 4.74 Å². The molecule has 2 aliphatic rings. The second-order valence-corrected chi connectivity index (χ2v) is 6.92. The van der Waals surface area contributed by atoms with E-state index in [0.717, 1.165) is 38.5 Å². The molecule has 0 N–H and O–H groups in total. The van der Waals surface area contributed by atoms with Crippen LogP contribution in [-0.2, 0) is 30.9 Å². The first-order valence-electron chi connectivity index (χ1n) is 7.63. The molecule has 4 rings (SSSR count). The van der Waals surface area contributed by atoms with Crippen LogP contribution in [0.5, 0.6) is 0 Å². The Morgan fingerprint density at radius 2 is 2.29 bits per heavy atom. The van der Waals surface area contributed by atoms with Gasteiger partial charge in [0.05, 0.1) is 35.7 Å². The molecule has 0 amide bonds. The van der Waals surface area contributed by atoms with Gasteiger partial charge < -0.3 is 14.2 Å². The van der Waals surface area contributed by atoms with E-state index in [2.05, 4.69) is 21.4 Å². The Kier molecular flexibility index (Phi) is 3.43. The summed E-state index contributed by atoms with van der Waals surface area (Å²) in [4.78, 5) is 11.7. The summed E-state index contributed by atoms with van der Waals surface area (Å²) >= 11 is 1.83. The molecule has 0 unspecified atom stereocenters. The van der Waals surface area contributed by atoms with E-state index in [0.29, 0.717) is 6.61 Å². The summed E-state index contributed by atoms with van der Waals surface area (Å²) in [7, 11) is 0. The van der Waals surface area contributed by atoms with E-state index >= 15 is 0 Å². The summed E-state index contributed by atoms with van der Waals surface area (Å²) < 4.78 is 7.80. The molecule has 0 atom stereocenters. The van der Waals surface area contributed by atoms with E-state index < -0.39 is 0 Å². The molecule has 0 bridgehead atoms. The first kappa shape index (κ1) is 13.3. The minimum atomic E-state index is 0.644. The Labute approximate surface area is 128 Å². The highest BCUT2D eigenvalue weighted by Gasteiger charge is 2.22. The molecule has 2 aromatic rings. The molecule has 0 saturated carbocycles. The molecule has 0 fully saturated rings. The minimum Gasteiger partial charge on any atom is -0.372 e. The largest absolute Gasteiger partial charge is 0.372 e. The van der Waals surface area contributed by atoms with Gasteiger partial charge in [-0.05, 0) is 26.2 Å². The van der Waals surface area contributed by atoms with Crippen LogP contribution < -0.4 is 4.90 Å². The zero-order valence-corrected chi connectivity index (χ0v) is 13.2. The summed E-state index contributed by atoms with van der Waals surface area (Å²) in [6.45, 7) is 6.52. The third-order valence-corrected chi connectivity index (χ3v) is 5.30. The zero-order valence-electron chi connectivity index (χ0n) is 12.3. The Morgan fingerprint density at radius 1 is 1.33 bits per heavy atom. The van der Waals surface area contributed by atoms with E-state index in [1.807, 2.05) is 17.5 Å². The van der Waals surface area contributed by atoms with Crippen LogP contribution in [0.25, 0.3) is 0 Å². The molecule has 4 heterocycles. The molecule has 5 nitrogen and oxygen atoms in total. The van der Waals surface area contributed by atoms with Gasteiger partial charge in [-0.2, -0.15) is 0 Å². The zero-order chi connectivity index (χ0) is 14.2. The Morgan fingerprint density at radius 3 is 3.24 bits per heavy atom. The van der Waals surface area contributed by atoms with Crippen molar-refractivity contribution >= 4 is 16.3 Å². The fraction of sp³-hybridized carbons (Fsp3) is 0.600. The topological polar surface area (TPSA) is 43.2 Å². The summed E-state index contributed by atoms with van der Waals surface area (Å²) in [5.41, 5.74) is 2.59. The monoisotopic (exact) mass is 304 g/mol. The molecular weight excluding hydrogens is 284 g/mol. The predicted octanol–water partition coefficient (Wildman–Crippen LogP) is 2.52. The summed E-state index contributed by atoms with van der Waals surface area (Å²) in [6, 6.07) is 0. The van der Waals surface area contributed by atoms with Crippen molar-refractivity contribution in [3.8, 4) is 0 Å². The summed E-state index contributed by atoms with van der Waals surface area (Å²) in [6.07, 6.45) is 5.62. The SMILES string of the molecule is Cc1nc2c(s1)N(Cc1cnc3n1CCOC3)CCCC2. The van der Waals surface area contributed by atoms with Crippen molar-refractivity contribution in [1.29, 1.82) is 0 Å². The minimum absolute atomic E-state index is 0.644. The van der Waals surface area contributed by atoms with E-state index in [4.69, 9.17) is 9.72 Å². The lowest BCUT2D eigenvalue weighted by Crippen LogP contribution is -2.26. The number of fused-ring (bicyclic) bond motifs is 2. The van der Waals surface area contributed by atoms with Crippen LogP contribution in [0.4, 0.5) is 5.00 Å². The van der Waals surface area contributed by atoms with Gasteiger partial charge in [-0.3, -0.25) is 0 Å². The molecule has 6 heteroatoms. The maximum absolute atomic E-state index is 5.47. The van der Waals surface area contributed by atoms with Crippen LogP contribution >= 0.6 is 11.3 Å². The standard InChI is InChI=1S/C15H20N4OS/c1-11-17-13-4-2-3-5-18(15(13)21-11)9-12-8-16-14-10-20-7-6-19(12)14/h8H,2-7,9-10H2,1H3. The molecule has 21 heavy (non-hydrogen) atoms. The highest BCUT2D eigenvalue weighted by atomic mass is 32.1. The Bertz CT molecular complexity index is 648. The van der Waals surface area contributed by atoms with Crippen molar-refractivity contribution in [2.75, 3.05) is 18.1 Å². The molecule has 2 aliphatic heterocycles. The summed E-state index contributed by atoms with van der Waals surface area (Å²) in [5, 5.41) is 2.54. The van der Waals surface area contributed by atoms with Crippen molar-refractivity contribution in [1.82, 2.24) is 14.5 Å². The molecular formula is C15H20N4OS. The number of nitrogens with zero attached hydrogens (tertiary/aromatic N) is 4. The van der Waals surface area contributed by atoms with Gasteiger partial charge in [-0.15, -0.1) is 11.3 Å². The number of thiazole rings is 1. The molecule has 0 saturated heterocycles. The Balaban J connectivity index is 1.63. The van der Waals surface area contributed by atoms with Gasteiger partial charge in [0.1, 0.15) is 17.4 Å². The van der Waals surface area contributed by atoms with Gasteiger partial charge >= 0.3 is 0 Å². The second-order valence-electron chi connectivity index (χ2n) is 5.73. The molecule has 0 spiro atoms. The maximum Gasteiger partial charge on any atom is 0.135 e. The molecule has 0 radical (unpaired) electrons. The highest BCUT2D eigenvalue weighted by molar-refractivity contribution is 7.15. The van der Waals surface area contributed by atoms with E-state index in [1.165, 1.54) is 34.2 Å². The number of hydrogen-bond acceptors (Lipinski definition) is 5. The number of imidazole rings is 1. The van der Waals surface area contributed by atoms with Gasteiger partial charge in [-0.1, -0.05) is 0 Å². The lowest BCUT2D eigenvalue weighted by molar-refractivity contribution is 0.0806. The molecule has 112 valence electrons. The van der Waals surface area contributed by atoms with Crippen molar-refractivity contribution in [3.63, 3.8) is 0 Å². The second kappa shape index (κ2) is 5.42. The quantitative estimate of drug-likeness (QED) is 0.855. The maximum atomic E-state index is 5.47. The number of aromatic nitrogens is 3. The van der Waals surface area contributed by atoms with Crippen LogP contribution in [0.15, 0.2) is 6.20 Å².